The third-order valence-corrected chi connectivity index (χ3v) is 3.17. The van der Waals surface area contributed by atoms with E-state index in [1.54, 1.807) is 14.5 Å². The molecule has 0 aromatic heterocycles. The topological polar surface area (TPSA) is 0 Å². The molecule has 0 aromatic rings. The molecule has 0 aliphatic heterocycles. The average Bonchev–Trinajstić information content (AvgIpc) is 2.30. The third-order valence-electron chi connectivity index (χ3n) is 2.01. The molecule has 0 spiro atoms. The number of allylic oxidation sites excluding steroid dienone is 4. The summed E-state index contributed by atoms with van der Waals surface area (Å²) in [5.41, 5.74) is 3.31. The van der Waals surface area contributed by atoms with Gasteiger partial charge in [-0.2, -0.15) is 0 Å². The fourth-order valence-corrected chi connectivity index (χ4v) is 2.80. The molecule has 0 fully saturated rings. The molecule has 0 nitrogen and oxygen atoms in total. The summed E-state index contributed by atoms with van der Waals surface area (Å²) in [5.74, 6) is 0. The molecule has 0 saturated carbocycles. The van der Waals surface area contributed by atoms with E-state index in [1.165, 1.54) is 43.6 Å². The maximum absolute atomic E-state index is 2.41. The quantitative estimate of drug-likeness (QED) is 0.647. The van der Waals surface area contributed by atoms with Crippen molar-refractivity contribution in [3.05, 3.63) is 20.6 Å². The number of rotatable bonds is 2. The summed E-state index contributed by atoms with van der Waals surface area (Å²) in [4.78, 5) is 0. The zero-order chi connectivity index (χ0) is 7.56. The van der Waals surface area contributed by atoms with Gasteiger partial charge in [-0.1, -0.05) is 0 Å². The van der Waals surface area contributed by atoms with Crippen molar-refractivity contribution in [2.45, 2.75) is 33.1 Å². The van der Waals surface area contributed by atoms with Gasteiger partial charge in [0.05, 0.1) is 0 Å². The largest absolute Gasteiger partial charge is 0.147 e. The maximum Gasteiger partial charge on any atom is -0.147 e. The molecule has 0 heterocycles. The Kier molecular flexibility index (Phi) is 9.43. The number of halogens is 2. The molecule has 0 amide bonds. The Balaban J connectivity index is 0. The molecule has 0 bridgehead atoms. The van der Waals surface area contributed by atoms with Crippen LogP contribution in [0.4, 0.5) is 0 Å². The van der Waals surface area contributed by atoms with E-state index >= 15 is 0 Å². The SMILES string of the molecule is CCC1=C(CC)C[C]([Hf])=C1.Cl.Cl. The van der Waals surface area contributed by atoms with Crippen molar-refractivity contribution in [2.75, 3.05) is 0 Å². The minimum Gasteiger partial charge on any atom is -0.147 e. The number of hydrogen-bond donors (Lipinski definition) is 0. The standard InChI is InChI=1S/C9H13.2ClH.Hf/c1-3-8-6-5-7-9(8)4-2;;;/h6H,3-4,7H2,1-2H3;2*1H;. The van der Waals surface area contributed by atoms with Crippen molar-refractivity contribution >= 4 is 24.8 Å². The van der Waals surface area contributed by atoms with Crippen LogP contribution in [0.15, 0.2) is 20.6 Å². The molecule has 0 saturated heterocycles. The van der Waals surface area contributed by atoms with Crippen molar-refractivity contribution in [1.82, 2.24) is 0 Å². The Morgan fingerprint density at radius 1 is 1.25 bits per heavy atom. The van der Waals surface area contributed by atoms with Crippen molar-refractivity contribution in [1.29, 1.82) is 0 Å². The van der Waals surface area contributed by atoms with Gasteiger partial charge in [-0.3, -0.25) is 0 Å². The first-order chi connectivity index (χ1) is 4.77. The summed E-state index contributed by atoms with van der Waals surface area (Å²) in [7, 11) is 0. The summed E-state index contributed by atoms with van der Waals surface area (Å²) >= 11 is 1.26. The normalized spacial score (nSPS) is 14.9. The van der Waals surface area contributed by atoms with Crippen LogP contribution in [0, 0.1) is 0 Å². The first kappa shape index (κ1) is 15.4. The van der Waals surface area contributed by atoms with Gasteiger partial charge in [-0.15, -0.1) is 24.8 Å². The van der Waals surface area contributed by atoms with Crippen LogP contribution in [0.5, 0.6) is 0 Å². The predicted octanol–water partition coefficient (Wildman–Crippen LogP) is 3.78. The second-order valence-corrected chi connectivity index (χ2v) is 4.99. The van der Waals surface area contributed by atoms with E-state index in [0.717, 1.165) is 0 Å². The van der Waals surface area contributed by atoms with Crippen LogP contribution < -0.4 is 0 Å². The summed E-state index contributed by atoms with van der Waals surface area (Å²) in [6, 6.07) is 0. The van der Waals surface area contributed by atoms with Gasteiger partial charge in [-0.25, -0.2) is 0 Å². The van der Waals surface area contributed by atoms with Gasteiger partial charge < -0.3 is 0 Å². The molecule has 0 N–H and O–H groups in total. The third kappa shape index (κ3) is 3.76. The molecule has 1 aliphatic carbocycles. The zero-order valence-corrected chi connectivity index (χ0v) is 12.7. The minimum atomic E-state index is 0. The molecule has 0 unspecified atom stereocenters. The van der Waals surface area contributed by atoms with E-state index in [1.807, 2.05) is 0 Å². The van der Waals surface area contributed by atoms with E-state index < -0.39 is 0 Å². The second kappa shape index (κ2) is 7.34. The van der Waals surface area contributed by atoms with Crippen molar-refractivity contribution < 1.29 is 24.4 Å². The zero-order valence-electron chi connectivity index (χ0n) is 7.52. The van der Waals surface area contributed by atoms with Crippen molar-refractivity contribution in [2.24, 2.45) is 0 Å². The Labute approximate surface area is 102 Å². The molecule has 0 atom stereocenters. The van der Waals surface area contributed by atoms with Gasteiger partial charge >= 0.3 is 78.0 Å². The van der Waals surface area contributed by atoms with Gasteiger partial charge in [-0.05, 0) is 0 Å². The Hall–Kier alpha value is 0.930. The average molecular weight is 373 g/mol. The molecule has 12 heavy (non-hydrogen) atoms. The molecule has 69 valence electrons. The van der Waals surface area contributed by atoms with E-state index in [2.05, 4.69) is 19.9 Å². The van der Waals surface area contributed by atoms with Crippen LogP contribution in [0.2, 0.25) is 0 Å². The second-order valence-electron chi connectivity index (χ2n) is 2.68. The first-order valence-electron chi connectivity index (χ1n) is 3.91. The summed E-state index contributed by atoms with van der Waals surface area (Å²) in [6.45, 7) is 4.51. The Morgan fingerprint density at radius 3 is 2.17 bits per heavy atom. The first-order valence-corrected chi connectivity index (χ1v) is 5.70. The van der Waals surface area contributed by atoms with Gasteiger partial charge in [0, 0.05) is 0 Å². The molecule has 1 aliphatic rings. The molecular weight excluding hydrogens is 357 g/mol. The van der Waals surface area contributed by atoms with Crippen LogP contribution in [0.1, 0.15) is 33.1 Å². The monoisotopic (exact) mass is 373 g/mol. The van der Waals surface area contributed by atoms with Gasteiger partial charge in [0.2, 0.25) is 0 Å². The smallest absolute Gasteiger partial charge is 0.147 e. The van der Waals surface area contributed by atoms with Gasteiger partial charge in [0.25, 0.3) is 0 Å². The summed E-state index contributed by atoms with van der Waals surface area (Å²) < 4.78 is 1.67. The van der Waals surface area contributed by atoms with Gasteiger partial charge in [0.1, 0.15) is 0 Å². The molecule has 1 rings (SSSR count). The molecule has 3 heteroatoms. The van der Waals surface area contributed by atoms with Crippen LogP contribution in [0.25, 0.3) is 0 Å². The molecule has 0 aromatic carbocycles. The minimum absolute atomic E-state index is 0. The van der Waals surface area contributed by atoms with Crippen LogP contribution in [0.3, 0.4) is 0 Å². The Morgan fingerprint density at radius 2 is 1.83 bits per heavy atom. The maximum atomic E-state index is 2.41. The van der Waals surface area contributed by atoms with E-state index in [9.17, 15) is 0 Å². The Bertz CT molecular complexity index is 195. The van der Waals surface area contributed by atoms with Crippen LogP contribution in [-0.2, 0) is 24.4 Å². The van der Waals surface area contributed by atoms with Crippen LogP contribution >= 0.6 is 24.8 Å². The molecule has 0 radical (unpaired) electrons. The number of hydrogen-bond acceptors (Lipinski definition) is 0. The van der Waals surface area contributed by atoms with E-state index in [-0.39, 0.29) is 24.8 Å². The van der Waals surface area contributed by atoms with Gasteiger partial charge in [0.15, 0.2) is 0 Å². The predicted molar refractivity (Wildman–Crippen MR) is 54.8 cm³/mol. The summed E-state index contributed by atoms with van der Waals surface area (Å²) in [6.07, 6.45) is 6.19. The molecular formula is C9H15Cl2Hf. The van der Waals surface area contributed by atoms with Crippen molar-refractivity contribution in [3.8, 4) is 0 Å². The fourth-order valence-electron chi connectivity index (χ4n) is 1.41. The van der Waals surface area contributed by atoms with E-state index in [4.69, 9.17) is 0 Å². The fraction of sp³-hybridized carbons (Fsp3) is 0.556. The summed E-state index contributed by atoms with van der Waals surface area (Å²) in [5, 5.41) is 0. The van der Waals surface area contributed by atoms with E-state index in [0.29, 0.717) is 0 Å². The van der Waals surface area contributed by atoms with Crippen molar-refractivity contribution in [3.63, 3.8) is 0 Å². The van der Waals surface area contributed by atoms with Crippen LogP contribution in [-0.4, -0.2) is 0 Å².